The van der Waals surface area contributed by atoms with E-state index in [1.165, 1.54) is 64.2 Å². The average Bonchev–Trinajstić information content (AvgIpc) is 2.31. The van der Waals surface area contributed by atoms with E-state index in [0.717, 1.165) is 6.42 Å². The van der Waals surface area contributed by atoms with Crippen molar-refractivity contribution in [3.8, 4) is 0 Å². The largest absolute Gasteiger partial charge is 0.299 e. The van der Waals surface area contributed by atoms with Gasteiger partial charge in [0.05, 0.1) is 4.83 Å². The number of ketones is 1. The molecule has 1 atom stereocenters. The van der Waals surface area contributed by atoms with Gasteiger partial charge in [0.15, 0.2) is 0 Å². The molecule has 2 heteroatoms. The van der Waals surface area contributed by atoms with Crippen molar-refractivity contribution in [2.24, 2.45) is 0 Å². The minimum atomic E-state index is 0.0940. The first-order chi connectivity index (χ1) is 8.18. The van der Waals surface area contributed by atoms with Crippen LogP contribution in [-0.2, 0) is 4.79 Å². The quantitative estimate of drug-likeness (QED) is 0.336. The molecule has 17 heavy (non-hydrogen) atoms. The van der Waals surface area contributed by atoms with E-state index < -0.39 is 0 Å². The Morgan fingerprint density at radius 1 is 0.882 bits per heavy atom. The summed E-state index contributed by atoms with van der Waals surface area (Å²) in [5, 5.41) is 0. The zero-order chi connectivity index (χ0) is 12.9. The van der Waals surface area contributed by atoms with Gasteiger partial charge in [0.2, 0.25) is 0 Å². The number of alkyl halides is 1. The summed E-state index contributed by atoms with van der Waals surface area (Å²) in [5.74, 6) is 0.265. The maximum atomic E-state index is 11.0. The summed E-state index contributed by atoms with van der Waals surface area (Å²) in [4.78, 5) is 11.1. The summed E-state index contributed by atoms with van der Waals surface area (Å²) in [6.45, 7) is 3.92. The van der Waals surface area contributed by atoms with Gasteiger partial charge in [-0.05, 0) is 13.3 Å². The van der Waals surface area contributed by atoms with Gasteiger partial charge in [-0.1, -0.05) is 87.1 Å². The molecule has 0 radical (unpaired) electrons. The summed E-state index contributed by atoms with van der Waals surface area (Å²) in [6, 6.07) is 0. The molecule has 0 rings (SSSR count). The van der Waals surface area contributed by atoms with Gasteiger partial charge < -0.3 is 0 Å². The SMILES string of the molecule is CCCCCCCCCCCCC(Br)C(C)=O. The number of hydrogen-bond donors (Lipinski definition) is 0. The topological polar surface area (TPSA) is 17.1 Å². The lowest BCUT2D eigenvalue weighted by Crippen LogP contribution is -2.08. The predicted molar refractivity (Wildman–Crippen MR) is 79.9 cm³/mol. The molecule has 0 aromatic rings. The molecule has 0 heterocycles. The molecule has 0 aliphatic heterocycles. The van der Waals surface area contributed by atoms with E-state index in [4.69, 9.17) is 0 Å². The van der Waals surface area contributed by atoms with Gasteiger partial charge >= 0.3 is 0 Å². The molecule has 102 valence electrons. The second-order valence-corrected chi connectivity index (χ2v) is 6.15. The molecule has 0 saturated heterocycles. The van der Waals surface area contributed by atoms with Gasteiger partial charge in [-0.25, -0.2) is 0 Å². The molecule has 0 N–H and O–H groups in total. The van der Waals surface area contributed by atoms with Crippen molar-refractivity contribution in [2.45, 2.75) is 89.3 Å². The summed E-state index contributed by atoms with van der Waals surface area (Å²) in [6.07, 6.45) is 14.6. The molecular weight excluding hydrogens is 276 g/mol. The Labute approximate surface area is 116 Å². The number of rotatable bonds is 12. The molecule has 1 unspecified atom stereocenters. The van der Waals surface area contributed by atoms with Crippen LogP contribution in [0.5, 0.6) is 0 Å². The Morgan fingerprint density at radius 3 is 1.71 bits per heavy atom. The molecule has 0 saturated carbocycles. The standard InChI is InChI=1S/C15H29BrO/c1-3-4-5-6-7-8-9-10-11-12-13-15(16)14(2)17/h15H,3-13H2,1-2H3. The Balaban J connectivity index is 3.06. The number of carbonyl (C=O) groups is 1. The number of hydrogen-bond acceptors (Lipinski definition) is 1. The number of unbranched alkanes of at least 4 members (excludes halogenated alkanes) is 9. The molecule has 0 aliphatic rings. The van der Waals surface area contributed by atoms with Crippen LogP contribution in [0.2, 0.25) is 0 Å². The van der Waals surface area contributed by atoms with E-state index in [1.807, 2.05) is 0 Å². The third-order valence-electron chi connectivity index (χ3n) is 3.25. The summed E-state index contributed by atoms with van der Waals surface area (Å²) in [5.41, 5.74) is 0. The summed E-state index contributed by atoms with van der Waals surface area (Å²) >= 11 is 3.41. The van der Waals surface area contributed by atoms with Crippen LogP contribution in [0.25, 0.3) is 0 Å². The first-order valence-corrected chi connectivity index (χ1v) is 8.24. The normalized spacial score (nSPS) is 12.6. The Bertz CT molecular complexity index is 180. The summed E-state index contributed by atoms with van der Waals surface area (Å²) in [7, 11) is 0. The molecular formula is C15H29BrO. The maximum absolute atomic E-state index is 11.0. The van der Waals surface area contributed by atoms with Gasteiger partial charge in [-0.2, -0.15) is 0 Å². The van der Waals surface area contributed by atoms with E-state index >= 15 is 0 Å². The van der Waals surface area contributed by atoms with Gasteiger partial charge in [-0.3, -0.25) is 4.79 Å². The van der Waals surface area contributed by atoms with E-state index in [9.17, 15) is 4.79 Å². The highest BCUT2D eigenvalue weighted by atomic mass is 79.9. The van der Waals surface area contributed by atoms with Crippen molar-refractivity contribution in [3.05, 3.63) is 0 Å². The lowest BCUT2D eigenvalue weighted by Gasteiger charge is -2.05. The Kier molecular flexibility index (Phi) is 12.7. The van der Waals surface area contributed by atoms with Crippen LogP contribution < -0.4 is 0 Å². The van der Waals surface area contributed by atoms with Gasteiger partial charge in [0.25, 0.3) is 0 Å². The fourth-order valence-corrected chi connectivity index (χ4v) is 2.34. The van der Waals surface area contributed by atoms with Crippen molar-refractivity contribution >= 4 is 21.7 Å². The second kappa shape index (κ2) is 12.6. The molecule has 0 fully saturated rings. The molecule has 1 nitrogen and oxygen atoms in total. The zero-order valence-electron chi connectivity index (χ0n) is 11.6. The van der Waals surface area contributed by atoms with Crippen molar-refractivity contribution in [2.75, 3.05) is 0 Å². The highest BCUT2D eigenvalue weighted by Gasteiger charge is 2.07. The molecule has 0 aromatic heterocycles. The fraction of sp³-hybridized carbons (Fsp3) is 0.933. The number of Topliss-reactive ketones (excluding diaryl/α,β-unsaturated/α-hetero) is 1. The van der Waals surface area contributed by atoms with Crippen LogP contribution in [0.15, 0.2) is 0 Å². The Morgan fingerprint density at radius 2 is 1.29 bits per heavy atom. The highest BCUT2D eigenvalue weighted by Crippen LogP contribution is 2.14. The minimum Gasteiger partial charge on any atom is -0.299 e. The van der Waals surface area contributed by atoms with Crippen LogP contribution in [-0.4, -0.2) is 10.6 Å². The molecule has 0 bridgehead atoms. The highest BCUT2D eigenvalue weighted by molar-refractivity contribution is 9.10. The summed E-state index contributed by atoms with van der Waals surface area (Å²) < 4.78 is 0. The van der Waals surface area contributed by atoms with Crippen LogP contribution in [0.1, 0.15) is 84.5 Å². The van der Waals surface area contributed by atoms with E-state index in [-0.39, 0.29) is 10.6 Å². The van der Waals surface area contributed by atoms with Crippen molar-refractivity contribution in [1.29, 1.82) is 0 Å². The second-order valence-electron chi connectivity index (χ2n) is 5.05. The smallest absolute Gasteiger partial charge is 0.143 e. The molecule has 0 aliphatic carbocycles. The lowest BCUT2D eigenvalue weighted by atomic mass is 10.0. The van der Waals surface area contributed by atoms with Crippen molar-refractivity contribution in [3.63, 3.8) is 0 Å². The maximum Gasteiger partial charge on any atom is 0.143 e. The lowest BCUT2D eigenvalue weighted by molar-refractivity contribution is -0.116. The fourth-order valence-electron chi connectivity index (χ4n) is 2.01. The molecule has 0 amide bonds. The van der Waals surface area contributed by atoms with Gasteiger partial charge in [-0.15, -0.1) is 0 Å². The third-order valence-corrected chi connectivity index (χ3v) is 4.35. The number of carbonyl (C=O) groups excluding carboxylic acids is 1. The van der Waals surface area contributed by atoms with Crippen LogP contribution in [0.4, 0.5) is 0 Å². The van der Waals surface area contributed by atoms with Crippen LogP contribution >= 0.6 is 15.9 Å². The van der Waals surface area contributed by atoms with Crippen molar-refractivity contribution < 1.29 is 4.79 Å². The van der Waals surface area contributed by atoms with Crippen LogP contribution in [0.3, 0.4) is 0 Å². The van der Waals surface area contributed by atoms with Gasteiger partial charge in [0.1, 0.15) is 5.78 Å². The monoisotopic (exact) mass is 304 g/mol. The minimum absolute atomic E-state index is 0.0940. The average molecular weight is 305 g/mol. The zero-order valence-corrected chi connectivity index (χ0v) is 13.2. The van der Waals surface area contributed by atoms with E-state index in [0.29, 0.717) is 0 Å². The first-order valence-electron chi connectivity index (χ1n) is 7.33. The molecule has 0 spiro atoms. The van der Waals surface area contributed by atoms with E-state index in [1.54, 1.807) is 6.92 Å². The number of halogens is 1. The van der Waals surface area contributed by atoms with Gasteiger partial charge in [0, 0.05) is 0 Å². The van der Waals surface area contributed by atoms with Crippen molar-refractivity contribution in [1.82, 2.24) is 0 Å². The van der Waals surface area contributed by atoms with Crippen LogP contribution in [0, 0.1) is 0 Å². The molecule has 0 aromatic carbocycles. The predicted octanol–water partition coefficient (Wildman–Crippen LogP) is 5.65. The van der Waals surface area contributed by atoms with E-state index in [2.05, 4.69) is 22.9 Å². The third kappa shape index (κ3) is 12.4. The first kappa shape index (κ1) is 17.2. The Hall–Kier alpha value is 0.150.